The summed E-state index contributed by atoms with van der Waals surface area (Å²) in [6.45, 7) is 7.18. The monoisotopic (exact) mass is 282 g/mol. The molecule has 1 aliphatic heterocycles. The summed E-state index contributed by atoms with van der Waals surface area (Å²) in [7, 11) is 0. The Balaban J connectivity index is 1.69. The summed E-state index contributed by atoms with van der Waals surface area (Å²) in [6.07, 6.45) is 2.92. The van der Waals surface area contributed by atoms with Gasteiger partial charge in [0.25, 0.3) is 0 Å². The zero-order chi connectivity index (χ0) is 14.8. The number of nitrogens with zero attached hydrogens (tertiary/aromatic N) is 2. The Labute approximate surface area is 126 Å². The van der Waals surface area contributed by atoms with Gasteiger partial charge in [0.15, 0.2) is 0 Å². The zero-order valence-electron chi connectivity index (χ0n) is 12.7. The van der Waals surface area contributed by atoms with E-state index < -0.39 is 0 Å². The standard InChI is InChI=1S/C18H22N2O/c1-13-5-6-16(14(2)10-13)15-7-9-20(11-15)12-17-18(21)4-3-8-19-17/h3-6,8,10,15,21H,7,9,11-12H2,1-2H3. The number of hydrogen-bond acceptors (Lipinski definition) is 3. The second kappa shape index (κ2) is 5.86. The van der Waals surface area contributed by atoms with Crippen LogP contribution in [0, 0.1) is 13.8 Å². The first kappa shape index (κ1) is 14.1. The molecule has 110 valence electrons. The van der Waals surface area contributed by atoms with Gasteiger partial charge in [-0.3, -0.25) is 9.88 Å². The first-order valence-corrected chi connectivity index (χ1v) is 7.56. The van der Waals surface area contributed by atoms with Crippen LogP contribution in [-0.2, 0) is 6.54 Å². The summed E-state index contributed by atoms with van der Waals surface area (Å²) >= 11 is 0. The topological polar surface area (TPSA) is 36.4 Å². The van der Waals surface area contributed by atoms with Crippen LogP contribution in [0.25, 0.3) is 0 Å². The number of benzene rings is 1. The van der Waals surface area contributed by atoms with Crippen molar-refractivity contribution in [2.45, 2.75) is 32.7 Å². The molecule has 0 aliphatic carbocycles. The molecule has 3 nitrogen and oxygen atoms in total. The van der Waals surface area contributed by atoms with E-state index in [2.05, 4.69) is 41.9 Å². The molecule has 1 N–H and O–H groups in total. The smallest absolute Gasteiger partial charge is 0.138 e. The summed E-state index contributed by atoms with van der Waals surface area (Å²) in [5.41, 5.74) is 4.96. The lowest BCUT2D eigenvalue weighted by molar-refractivity contribution is 0.315. The van der Waals surface area contributed by atoms with Gasteiger partial charge in [0.05, 0.1) is 5.69 Å². The van der Waals surface area contributed by atoms with Crippen LogP contribution in [0.15, 0.2) is 36.5 Å². The molecule has 2 aromatic rings. The molecule has 1 fully saturated rings. The Kier molecular flexibility index (Phi) is 3.93. The minimum absolute atomic E-state index is 0.299. The van der Waals surface area contributed by atoms with E-state index in [1.54, 1.807) is 18.3 Å². The van der Waals surface area contributed by atoms with Crippen LogP contribution in [0.2, 0.25) is 0 Å². The Morgan fingerprint density at radius 1 is 1.29 bits per heavy atom. The molecule has 0 saturated carbocycles. The third kappa shape index (κ3) is 3.08. The van der Waals surface area contributed by atoms with Crippen molar-refractivity contribution in [3.8, 4) is 5.75 Å². The van der Waals surface area contributed by atoms with Crippen molar-refractivity contribution in [2.24, 2.45) is 0 Å². The minimum Gasteiger partial charge on any atom is -0.506 e. The fraction of sp³-hybridized carbons (Fsp3) is 0.389. The molecule has 1 saturated heterocycles. The molecule has 1 aliphatic rings. The number of pyridine rings is 1. The van der Waals surface area contributed by atoms with E-state index in [9.17, 15) is 5.11 Å². The first-order chi connectivity index (χ1) is 10.1. The van der Waals surface area contributed by atoms with E-state index in [-0.39, 0.29) is 0 Å². The van der Waals surface area contributed by atoms with Crippen molar-refractivity contribution in [1.82, 2.24) is 9.88 Å². The number of likely N-dealkylation sites (tertiary alicyclic amines) is 1. The molecule has 21 heavy (non-hydrogen) atoms. The lowest BCUT2D eigenvalue weighted by atomic mass is 9.93. The Morgan fingerprint density at radius 3 is 2.90 bits per heavy atom. The maximum Gasteiger partial charge on any atom is 0.138 e. The fourth-order valence-corrected chi connectivity index (χ4v) is 3.28. The molecule has 3 heteroatoms. The van der Waals surface area contributed by atoms with E-state index in [0.717, 1.165) is 25.3 Å². The Morgan fingerprint density at radius 2 is 2.14 bits per heavy atom. The molecule has 1 atom stereocenters. The SMILES string of the molecule is Cc1ccc(C2CCN(Cc3ncccc3O)C2)c(C)c1. The maximum atomic E-state index is 9.84. The molecule has 0 amide bonds. The van der Waals surface area contributed by atoms with E-state index in [4.69, 9.17) is 0 Å². The Hall–Kier alpha value is -1.87. The van der Waals surface area contributed by atoms with Gasteiger partial charge in [-0.15, -0.1) is 0 Å². The van der Waals surface area contributed by atoms with E-state index in [1.165, 1.54) is 23.1 Å². The maximum absolute atomic E-state index is 9.84. The molecule has 0 radical (unpaired) electrons. The van der Waals surface area contributed by atoms with Crippen molar-refractivity contribution < 1.29 is 5.11 Å². The minimum atomic E-state index is 0.299. The highest BCUT2D eigenvalue weighted by Gasteiger charge is 2.25. The van der Waals surface area contributed by atoms with Crippen LogP contribution in [0.4, 0.5) is 0 Å². The number of aryl methyl sites for hydroxylation is 2. The van der Waals surface area contributed by atoms with Crippen LogP contribution in [0.3, 0.4) is 0 Å². The van der Waals surface area contributed by atoms with Crippen LogP contribution in [0.5, 0.6) is 5.75 Å². The predicted octanol–water partition coefficient (Wildman–Crippen LogP) is 3.39. The highest BCUT2D eigenvalue weighted by atomic mass is 16.3. The van der Waals surface area contributed by atoms with Gasteiger partial charge >= 0.3 is 0 Å². The molecule has 1 aromatic carbocycles. The summed E-state index contributed by atoms with van der Waals surface area (Å²) in [4.78, 5) is 6.66. The number of hydrogen-bond donors (Lipinski definition) is 1. The van der Waals surface area contributed by atoms with Gasteiger partial charge in [-0.05, 0) is 56.0 Å². The predicted molar refractivity (Wildman–Crippen MR) is 84.5 cm³/mol. The van der Waals surface area contributed by atoms with E-state index >= 15 is 0 Å². The average molecular weight is 282 g/mol. The molecule has 2 heterocycles. The lowest BCUT2D eigenvalue weighted by Gasteiger charge is -2.17. The van der Waals surface area contributed by atoms with Crippen molar-refractivity contribution >= 4 is 0 Å². The highest BCUT2D eigenvalue weighted by Crippen LogP contribution is 2.31. The summed E-state index contributed by atoms with van der Waals surface area (Å²) < 4.78 is 0. The van der Waals surface area contributed by atoms with Gasteiger partial charge in [-0.2, -0.15) is 0 Å². The fourth-order valence-electron chi connectivity index (χ4n) is 3.28. The molecule has 0 bridgehead atoms. The second-order valence-electron chi connectivity index (χ2n) is 6.05. The molecular weight excluding hydrogens is 260 g/mol. The number of rotatable bonds is 3. The summed E-state index contributed by atoms with van der Waals surface area (Å²) in [6, 6.07) is 10.2. The summed E-state index contributed by atoms with van der Waals surface area (Å²) in [5.74, 6) is 0.893. The van der Waals surface area contributed by atoms with Gasteiger partial charge in [-0.25, -0.2) is 0 Å². The van der Waals surface area contributed by atoms with Crippen LogP contribution < -0.4 is 0 Å². The third-order valence-electron chi connectivity index (χ3n) is 4.38. The average Bonchev–Trinajstić information content (AvgIpc) is 2.90. The van der Waals surface area contributed by atoms with E-state index in [0.29, 0.717) is 11.7 Å². The third-order valence-corrected chi connectivity index (χ3v) is 4.38. The summed E-state index contributed by atoms with van der Waals surface area (Å²) in [5, 5.41) is 9.84. The van der Waals surface area contributed by atoms with Crippen LogP contribution in [-0.4, -0.2) is 28.1 Å². The highest BCUT2D eigenvalue weighted by molar-refractivity contribution is 5.34. The molecule has 0 spiro atoms. The van der Waals surface area contributed by atoms with Crippen LogP contribution >= 0.6 is 0 Å². The number of aromatic nitrogens is 1. The normalized spacial score (nSPS) is 19.0. The quantitative estimate of drug-likeness (QED) is 0.937. The van der Waals surface area contributed by atoms with Crippen molar-refractivity contribution in [1.29, 1.82) is 0 Å². The van der Waals surface area contributed by atoms with Gasteiger partial charge in [0.1, 0.15) is 5.75 Å². The first-order valence-electron chi connectivity index (χ1n) is 7.56. The molecule has 3 rings (SSSR count). The van der Waals surface area contributed by atoms with Gasteiger partial charge in [-0.1, -0.05) is 23.8 Å². The van der Waals surface area contributed by atoms with Crippen molar-refractivity contribution in [3.05, 3.63) is 58.9 Å². The molecular formula is C18H22N2O. The van der Waals surface area contributed by atoms with Crippen molar-refractivity contribution in [2.75, 3.05) is 13.1 Å². The van der Waals surface area contributed by atoms with E-state index in [1.807, 2.05) is 0 Å². The Bertz CT molecular complexity index is 639. The van der Waals surface area contributed by atoms with Crippen molar-refractivity contribution in [3.63, 3.8) is 0 Å². The molecule has 1 unspecified atom stereocenters. The lowest BCUT2D eigenvalue weighted by Crippen LogP contribution is -2.20. The largest absolute Gasteiger partial charge is 0.506 e. The number of aromatic hydroxyl groups is 1. The van der Waals surface area contributed by atoms with Gasteiger partial charge < -0.3 is 5.11 Å². The zero-order valence-corrected chi connectivity index (χ0v) is 12.7. The van der Waals surface area contributed by atoms with Crippen LogP contribution in [0.1, 0.15) is 34.7 Å². The van der Waals surface area contributed by atoms with Gasteiger partial charge in [0.2, 0.25) is 0 Å². The second-order valence-corrected chi connectivity index (χ2v) is 6.05. The van der Waals surface area contributed by atoms with Gasteiger partial charge in [0, 0.05) is 19.3 Å². The molecule has 1 aromatic heterocycles.